The summed E-state index contributed by atoms with van der Waals surface area (Å²) in [5, 5.41) is 10.2. The van der Waals surface area contributed by atoms with Gasteiger partial charge in [-0.3, -0.25) is 9.89 Å². The van der Waals surface area contributed by atoms with Crippen LogP contribution in [0.3, 0.4) is 0 Å². The number of fused-ring (bicyclic) bond motifs is 3. The smallest absolute Gasteiger partial charge is 0.274 e. The first-order valence-corrected chi connectivity index (χ1v) is 10.1. The highest BCUT2D eigenvalue weighted by molar-refractivity contribution is 6.05. The normalized spacial score (nSPS) is 16.0. The standard InChI is InChI=1S/C23H24N4O2/c1-15-10-12-27(13-11-15)17-8-6-16(7-9-17)24-23(28)22-19-14-29-20-5-3-2-4-18(20)21(19)25-26-22/h2-9,15H,10-14H2,1H3,(H,24,28)(H,25,26). The van der Waals surface area contributed by atoms with Gasteiger partial charge in [0.25, 0.3) is 5.91 Å². The summed E-state index contributed by atoms with van der Waals surface area (Å²) < 4.78 is 5.79. The van der Waals surface area contributed by atoms with Crippen LogP contribution in [-0.2, 0) is 6.61 Å². The molecule has 1 aromatic heterocycles. The molecular formula is C23H24N4O2. The van der Waals surface area contributed by atoms with Crippen molar-refractivity contribution >= 4 is 17.3 Å². The number of nitrogens with one attached hydrogen (secondary N) is 2. The Morgan fingerprint density at radius 1 is 1.14 bits per heavy atom. The van der Waals surface area contributed by atoms with Gasteiger partial charge in [0.15, 0.2) is 0 Å². The summed E-state index contributed by atoms with van der Waals surface area (Å²) in [5.74, 6) is 1.39. The molecule has 2 aliphatic rings. The van der Waals surface area contributed by atoms with E-state index in [1.54, 1.807) is 0 Å². The van der Waals surface area contributed by atoms with Gasteiger partial charge in [-0.05, 0) is 55.2 Å². The lowest BCUT2D eigenvalue weighted by molar-refractivity contribution is 0.102. The van der Waals surface area contributed by atoms with Crippen molar-refractivity contribution in [3.63, 3.8) is 0 Å². The summed E-state index contributed by atoms with van der Waals surface area (Å²) in [4.78, 5) is 15.2. The predicted molar refractivity (Wildman–Crippen MR) is 113 cm³/mol. The summed E-state index contributed by atoms with van der Waals surface area (Å²) >= 11 is 0. The average molecular weight is 388 g/mol. The van der Waals surface area contributed by atoms with Gasteiger partial charge in [0.1, 0.15) is 23.7 Å². The quantitative estimate of drug-likeness (QED) is 0.695. The minimum atomic E-state index is -0.207. The number of piperidine rings is 1. The summed E-state index contributed by atoms with van der Waals surface area (Å²) in [6.07, 6.45) is 2.46. The van der Waals surface area contributed by atoms with Crippen LogP contribution in [0.5, 0.6) is 5.75 Å². The van der Waals surface area contributed by atoms with Crippen LogP contribution in [0.4, 0.5) is 11.4 Å². The topological polar surface area (TPSA) is 70.2 Å². The first kappa shape index (κ1) is 17.8. The Labute approximate surface area is 169 Å². The number of aromatic nitrogens is 2. The van der Waals surface area contributed by atoms with Crippen LogP contribution in [0.25, 0.3) is 11.3 Å². The zero-order valence-electron chi connectivity index (χ0n) is 16.4. The van der Waals surface area contributed by atoms with Crippen LogP contribution in [0.2, 0.25) is 0 Å². The molecule has 5 rings (SSSR count). The van der Waals surface area contributed by atoms with Crippen LogP contribution in [0.15, 0.2) is 48.5 Å². The van der Waals surface area contributed by atoms with Gasteiger partial charge in [0.05, 0.1) is 0 Å². The molecule has 0 aliphatic carbocycles. The van der Waals surface area contributed by atoms with Gasteiger partial charge >= 0.3 is 0 Å². The fourth-order valence-corrected chi connectivity index (χ4v) is 4.07. The number of para-hydroxylation sites is 1. The van der Waals surface area contributed by atoms with E-state index in [0.717, 1.165) is 47.3 Å². The van der Waals surface area contributed by atoms with Gasteiger partial charge in [-0.2, -0.15) is 5.10 Å². The second-order valence-electron chi connectivity index (χ2n) is 7.88. The fraction of sp³-hybridized carbons (Fsp3) is 0.304. The number of nitrogens with zero attached hydrogens (tertiary/aromatic N) is 2. The summed E-state index contributed by atoms with van der Waals surface area (Å²) in [5.41, 5.74) is 4.91. The number of ether oxygens (including phenoxy) is 1. The molecule has 2 aliphatic heterocycles. The average Bonchev–Trinajstić information content (AvgIpc) is 3.20. The van der Waals surface area contributed by atoms with Gasteiger partial charge in [-0.1, -0.05) is 19.1 Å². The third-order valence-corrected chi connectivity index (χ3v) is 5.88. The number of carbonyl (C=O) groups is 1. The molecule has 0 atom stereocenters. The zero-order valence-corrected chi connectivity index (χ0v) is 16.4. The van der Waals surface area contributed by atoms with Crippen molar-refractivity contribution in [1.29, 1.82) is 0 Å². The van der Waals surface area contributed by atoms with Crippen molar-refractivity contribution in [2.75, 3.05) is 23.3 Å². The maximum Gasteiger partial charge on any atom is 0.274 e. The predicted octanol–water partition coefficient (Wildman–Crippen LogP) is 4.46. The minimum absolute atomic E-state index is 0.207. The van der Waals surface area contributed by atoms with Crippen molar-refractivity contribution in [2.45, 2.75) is 26.4 Å². The van der Waals surface area contributed by atoms with E-state index in [2.05, 4.69) is 39.5 Å². The van der Waals surface area contributed by atoms with Crippen molar-refractivity contribution < 1.29 is 9.53 Å². The molecule has 1 amide bonds. The molecule has 1 saturated heterocycles. The van der Waals surface area contributed by atoms with E-state index in [4.69, 9.17) is 4.74 Å². The molecule has 2 N–H and O–H groups in total. The molecule has 0 bridgehead atoms. The highest BCUT2D eigenvalue weighted by Gasteiger charge is 2.26. The summed E-state index contributed by atoms with van der Waals surface area (Å²) in [7, 11) is 0. The Morgan fingerprint density at radius 2 is 1.90 bits per heavy atom. The largest absolute Gasteiger partial charge is 0.488 e. The van der Waals surface area contributed by atoms with Gasteiger partial charge in [-0.25, -0.2) is 0 Å². The van der Waals surface area contributed by atoms with Crippen molar-refractivity contribution in [3.8, 4) is 17.0 Å². The van der Waals surface area contributed by atoms with E-state index in [9.17, 15) is 4.79 Å². The summed E-state index contributed by atoms with van der Waals surface area (Å²) in [6.45, 7) is 4.83. The second kappa shape index (κ2) is 7.28. The second-order valence-corrected chi connectivity index (χ2v) is 7.88. The number of carbonyl (C=O) groups excluding carboxylic acids is 1. The van der Waals surface area contributed by atoms with E-state index in [0.29, 0.717) is 12.3 Å². The molecule has 0 radical (unpaired) electrons. The molecule has 1 fully saturated rings. The van der Waals surface area contributed by atoms with Crippen molar-refractivity contribution in [1.82, 2.24) is 10.2 Å². The Hall–Kier alpha value is -3.28. The van der Waals surface area contributed by atoms with Gasteiger partial charge in [-0.15, -0.1) is 0 Å². The maximum absolute atomic E-state index is 12.8. The van der Waals surface area contributed by atoms with Crippen molar-refractivity contribution in [2.24, 2.45) is 5.92 Å². The number of aromatic amines is 1. The third kappa shape index (κ3) is 3.35. The Balaban J connectivity index is 1.31. The summed E-state index contributed by atoms with van der Waals surface area (Å²) in [6, 6.07) is 15.8. The number of anilines is 2. The fourth-order valence-electron chi connectivity index (χ4n) is 4.07. The molecule has 29 heavy (non-hydrogen) atoms. The van der Waals surface area contributed by atoms with Gasteiger partial charge in [0.2, 0.25) is 0 Å². The zero-order chi connectivity index (χ0) is 19.8. The number of amides is 1. The Bertz CT molecular complexity index is 1030. The first-order chi connectivity index (χ1) is 14.2. The number of hydrogen-bond acceptors (Lipinski definition) is 4. The molecule has 3 aromatic rings. The molecular weight excluding hydrogens is 364 g/mol. The molecule has 2 aromatic carbocycles. The van der Waals surface area contributed by atoms with Crippen LogP contribution in [0.1, 0.15) is 35.8 Å². The molecule has 0 unspecified atom stereocenters. The number of hydrogen-bond donors (Lipinski definition) is 2. The highest BCUT2D eigenvalue weighted by Crippen LogP contribution is 2.37. The Morgan fingerprint density at radius 3 is 2.69 bits per heavy atom. The SMILES string of the molecule is CC1CCN(c2ccc(NC(=O)c3[nH]nc4c3COc3ccccc3-4)cc2)CC1. The molecule has 6 nitrogen and oxygen atoms in total. The number of benzene rings is 2. The van der Waals surface area contributed by atoms with E-state index in [1.165, 1.54) is 18.5 Å². The Kier molecular flexibility index (Phi) is 4.46. The van der Waals surface area contributed by atoms with Gasteiger partial charge < -0.3 is 15.0 Å². The first-order valence-electron chi connectivity index (χ1n) is 10.1. The lowest BCUT2D eigenvalue weighted by Gasteiger charge is -2.32. The van der Waals surface area contributed by atoms with E-state index in [-0.39, 0.29) is 5.91 Å². The monoisotopic (exact) mass is 388 g/mol. The van der Waals surface area contributed by atoms with Crippen LogP contribution in [0, 0.1) is 5.92 Å². The molecule has 0 saturated carbocycles. The van der Waals surface area contributed by atoms with E-state index < -0.39 is 0 Å². The number of rotatable bonds is 3. The third-order valence-electron chi connectivity index (χ3n) is 5.88. The highest BCUT2D eigenvalue weighted by atomic mass is 16.5. The van der Waals surface area contributed by atoms with E-state index >= 15 is 0 Å². The molecule has 148 valence electrons. The van der Waals surface area contributed by atoms with E-state index in [1.807, 2.05) is 36.4 Å². The molecule has 0 spiro atoms. The van der Waals surface area contributed by atoms with Crippen LogP contribution >= 0.6 is 0 Å². The van der Waals surface area contributed by atoms with Crippen molar-refractivity contribution in [3.05, 3.63) is 59.8 Å². The maximum atomic E-state index is 12.8. The van der Waals surface area contributed by atoms with Crippen LogP contribution < -0.4 is 15.0 Å². The molecule has 6 heteroatoms. The molecule has 3 heterocycles. The number of H-pyrrole nitrogens is 1. The van der Waals surface area contributed by atoms with Gasteiger partial charge in [0, 0.05) is 35.6 Å². The lowest BCUT2D eigenvalue weighted by atomic mass is 9.99. The minimum Gasteiger partial charge on any atom is -0.488 e. The van der Waals surface area contributed by atoms with Crippen LogP contribution in [-0.4, -0.2) is 29.2 Å². The lowest BCUT2D eigenvalue weighted by Crippen LogP contribution is -2.32.